The number of carbonyl (C=O) groups excluding carboxylic acids is 1. The third kappa shape index (κ3) is 4.23. The van der Waals surface area contributed by atoms with Crippen LogP contribution in [-0.4, -0.2) is 22.5 Å². The van der Waals surface area contributed by atoms with Crippen molar-refractivity contribution in [2.45, 2.75) is 36.6 Å². The number of hydrogen-bond acceptors (Lipinski definition) is 4. The molecule has 6 heteroatoms. The van der Waals surface area contributed by atoms with Crippen LogP contribution in [0.15, 0.2) is 65.1 Å². The van der Waals surface area contributed by atoms with Crippen LogP contribution in [0.1, 0.15) is 35.4 Å². The number of benzene rings is 1. The summed E-state index contributed by atoms with van der Waals surface area (Å²) >= 11 is 3.50. The summed E-state index contributed by atoms with van der Waals surface area (Å²) in [5.41, 5.74) is 3.32. The number of carbonyl (C=O) groups is 1. The van der Waals surface area contributed by atoms with Gasteiger partial charge < -0.3 is 10.2 Å². The van der Waals surface area contributed by atoms with Gasteiger partial charge in [-0.1, -0.05) is 25.1 Å². The lowest BCUT2D eigenvalue weighted by atomic mass is 9.98. The van der Waals surface area contributed by atoms with Gasteiger partial charge in [0.2, 0.25) is 0 Å². The first-order valence-corrected chi connectivity index (χ1v) is 11.4. The number of anilines is 1. The summed E-state index contributed by atoms with van der Waals surface area (Å²) in [6, 6.07) is 16.3. The van der Waals surface area contributed by atoms with Gasteiger partial charge in [-0.2, -0.15) is 0 Å². The number of thioether (sulfide) groups is 1. The zero-order chi connectivity index (χ0) is 19.3. The number of thiophene rings is 1. The van der Waals surface area contributed by atoms with Crippen LogP contribution >= 0.6 is 23.1 Å². The molecule has 1 aliphatic heterocycles. The fourth-order valence-electron chi connectivity index (χ4n) is 3.60. The Labute approximate surface area is 174 Å². The Kier molecular flexibility index (Phi) is 5.98. The summed E-state index contributed by atoms with van der Waals surface area (Å²) in [6.45, 7) is 2.92. The number of hydrogen-bond donors (Lipinski definition) is 1. The highest BCUT2D eigenvalue weighted by molar-refractivity contribution is 7.98. The van der Waals surface area contributed by atoms with Crippen molar-refractivity contribution in [2.75, 3.05) is 11.9 Å². The Morgan fingerprint density at radius 1 is 1.29 bits per heavy atom. The Balaban J connectivity index is 1.42. The molecule has 0 aliphatic carbocycles. The number of pyridine rings is 1. The van der Waals surface area contributed by atoms with Crippen LogP contribution < -0.4 is 5.32 Å². The highest BCUT2D eigenvalue weighted by Gasteiger charge is 2.30. The topological polar surface area (TPSA) is 45.2 Å². The third-order valence-electron chi connectivity index (χ3n) is 4.95. The van der Waals surface area contributed by atoms with Crippen LogP contribution in [-0.2, 0) is 12.2 Å². The van der Waals surface area contributed by atoms with E-state index in [1.54, 1.807) is 29.3 Å². The summed E-state index contributed by atoms with van der Waals surface area (Å²) in [6.07, 6.45) is 3.68. The average Bonchev–Trinajstić information content (AvgIpc) is 3.21. The molecule has 4 nitrogen and oxygen atoms in total. The van der Waals surface area contributed by atoms with Gasteiger partial charge in [0, 0.05) is 29.1 Å². The largest absolute Gasteiger partial charge is 0.322 e. The number of urea groups is 1. The van der Waals surface area contributed by atoms with Gasteiger partial charge in [-0.05, 0) is 59.7 Å². The van der Waals surface area contributed by atoms with Crippen LogP contribution in [0, 0.1) is 0 Å². The Hall–Kier alpha value is -2.31. The van der Waals surface area contributed by atoms with E-state index in [0.29, 0.717) is 0 Å². The zero-order valence-electron chi connectivity index (χ0n) is 15.8. The van der Waals surface area contributed by atoms with E-state index >= 15 is 0 Å². The molecule has 0 spiro atoms. The Morgan fingerprint density at radius 2 is 2.21 bits per heavy atom. The molecule has 3 aromatic rings. The van der Waals surface area contributed by atoms with E-state index in [0.717, 1.165) is 35.9 Å². The molecule has 0 saturated heterocycles. The molecule has 3 heterocycles. The highest BCUT2D eigenvalue weighted by Crippen LogP contribution is 2.35. The van der Waals surface area contributed by atoms with E-state index < -0.39 is 0 Å². The molecule has 4 rings (SSSR count). The molecule has 1 atom stereocenters. The van der Waals surface area contributed by atoms with E-state index in [9.17, 15) is 4.79 Å². The fourth-order valence-corrected chi connectivity index (χ4v) is 5.34. The van der Waals surface area contributed by atoms with Crippen molar-refractivity contribution in [2.24, 2.45) is 0 Å². The van der Waals surface area contributed by atoms with Crippen molar-refractivity contribution < 1.29 is 4.79 Å². The SMILES string of the molecule is CCC1c2ccsc2CCN1C(=O)Nc1cccc(CSc2ccccn2)c1. The predicted molar refractivity (Wildman–Crippen MR) is 117 cm³/mol. The van der Waals surface area contributed by atoms with Gasteiger partial charge in [-0.15, -0.1) is 23.1 Å². The minimum absolute atomic E-state index is 0.0155. The van der Waals surface area contributed by atoms with E-state index in [1.165, 1.54) is 16.0 Å². The van der Waals surface area contributed by atoms with Crippen molar-refractivity contribution in [3.05, 3.63) is 76.1 Å². The molecule has 2 amide bonds. The first-order chi connectivity index (χ1) is 13.7. The monoisotopic (exact) mass is 409 g/mol. The number of aromatic nitrogens is 1. The predicted octanol–water partition coefficient (Wildman–Crippen LogP) is 5.98. The molecule has 1 unspecified atom stereocenters. The number of nitrogens with one attached hydrogen (secondary N) is 1. The van der Waals surface area contributed by atoms with E-state index in [1.807, 2.05) is 35.2 Å². The second kappa shape index (κ2) is 8.80. The van der Waals surface area contributed by atoms with Gasteiger partial charge in [-0.25, -0.2) is 9.78 Å². The van der Waals surface area contributed by atoms with Crippen LogP contribution in [0.3, 0.4) is 0 Å². The lowest BCUT2D eigenvalue weighted by Gasteiger charge is -2.35. The Morgan fingerprint density at radius 3 is 3.04 bits per heavy atom. The maximum absolute atomic E-state index is 13.0. The second-order valence-corrected chi connectivity index (χ2v) is 8.75. The number of amides is 2. The van der Waals surface area contributed by atoms with E-state index in [2.05, 4.69) is 40.8 Å². The van der Waals surface area contributed by atoms with Crippen molar-refractivity contribution >= 4 is 34.8 Å². The van der Waals surface area contributed by atoms with Crippen molar-refractivity contribution in [3.8, 4) is 0 Å². The van der Waals surface area contributed by atoms with Gasteiger partial charge in [0.05, 0.1) is 11.1 Å². The molecular formula is C22H23N3OS2. The van der Waals surface area contributed by atoms with Crippen molar-refractivity contribution in [3.63, 3.8) is 0 Å². The smallest absolute Gasteiger partial charge is 0.317 e. The second-order valence-electron chi connectivity index (χ2n) is 6.75. The maximum Gasteiger partial charge on any atom is 0.322 e. The summed E-state index contributed by atoms with van der Waals surface area (Å²) in [5.74, 6) is 0.820. The molecule has 144 valence electrons. The minimum atomic E-state index is -0.0155. The standard InChI is InChI=1S/C22H23N3OS2/c1-2-19-18-10-13-27-20(18)9-12-25(19)22(26)24-17-7-5-6-16(14-17)15-28-21-8-3-4-11-23-21/h3-8,10-11,13-14,19H,2,9,12,15H2,1H3,(H,24,26). The quantitative estimate of drug-likeness (QED) is 0.528. The molecule has 2 aromatic heterocycles. The lowest BCUT2D eigenvalue weighted by Crippen LogP contribution is -2.41. The summed E-state index contributed by atoms with van der Waals surface area (Å²) in [5, 5.41) is 6.24. The summed E-state index contributed by atoms with van der Waals surface area (Å²) < 4.78 is 0. The fraction of sp³-hybridized carbons (Fsp3) is 0.273. The first kappa shape index (κ1) is 19.0. The molecular weight excluding hydrogens is 386 g/mol. The zero-order valence-corrected chi connectivity index (χ0v) is 17.4. The average molecular weight is 410 g/mol. The van der Waals surface area contributed by atoms with Crippen molar-refractivity contribution in [1.29, 1.82) is 0 Å². The van der Waals surface area contributed by atoms with Crippen molar-refractivity contribution in [1.82, 2.24) is 9.88 Å². The number of nitrogens with zero attached hydrogens (tertiary/aromatic N) is 2. The molecule has 0 saturated carbocycles. The van der Waals surface area contributed by atoms with Gasteiger partial charge >= 0.3 is 6.03 Å². The Bertz CT molecular complexity index is 942. The lowest BCUT2D eigenvalue weighted by molar-refractivity contribution is 0.181. The van der Waals surface area contributed by atoms with Crippen LogP contribution in [0.4, 0.5) is 10.5 Å². The van der Waals surface area contributed by atoms with Crippen LogP contribution in [0.25, 0.3) is 0 Å². The molecule has 0 fully saturated rings. The van der Waals surface area contributed by atoms with Gasteiger partial charge in [-0.3, -0.25) is 0 Å². The van der Waals surface area contributed by atoms with E-state index in [-0.39, 0.29) is 12.1 Å². The molecule has 1 aliphatic rings. The van der Waals surface area contributed by atoms with Gasteiger partial charge in [0.15, 0.2) is 0 Å². The number of fused-ring (bicyclic) bond motifs is 1. The summed E-state index contributed by atoms with van der Waals surface area (Å²) in [7, 11) is 0. The van der Waals surface area contributed by atoms with Crippen LogP contribution in [0.5, 0.6) is 0 Å². The molecule has 0 bridgehead atoms. The summed E-state index contributed by atoms with van der Waals surface area (Å²) in [4.78, 5) is 20.7. The minimum Gasteiger partial charge on any atom is -0.317 e. The molecule has 1 N–H and O–H groups in total. The first-order valence-electron chi connectivity index (χ1n) is 9.51. The normalized spacial score (nSPS) is 15.9. The molecule has 0 radical (unpaired) electrons. The number of rotatable bonds is 5. The van der Waals surface area contributed by atoms with Gasteiger partial charge in [0.25, 0.3) is 0 Å². The molecule has 28 heavy (non-hydrogen) atoms. The molecule has 1 aromatic carbocycles. The maximum atomic E-state index is 13.0. The van der Waals surface area contributed by atoms with Gasteiger partial charge in [0.1, 0.15) is 0 Å². The third-order valence-corrected chi connectivity index (χ3v) is 6.96. The highest BCUT2D eigenvalue weighted by atomic mass is 32.2. The van der Waals surface area contributed by atoms with Crippen LogP contribution in [0.2, 0.25) is 0 Å². The van der Waals surface area contributed by atoms with E-state index in [4.69, 9.17) is 0 Å².